The molecule has 2 heterocycles. The van der Waals surface area contributed by atoms with Crippen LogP contribution in [-0.2, 0) is 34.1 Å². The Hall–Kier alpha value is -1.70. The van der Waals surface area contributed by atoms with Gasteiger partial charge in [0, 0.05) is 32.8 Å². The van der Waals surface area contributed by atoms with Crippen LogP contribution in [0.25, 0.3) is 0 Å². The quantitative estimate of drug-likeness (QED) is 0.591. The first-order chi connectivity index (χ1) is 14.0. The highest BCUT2D eigenvalue weighted by atomic mass is 32.2. The minimum Gasteiger partial charge on any atom is -0.385 e. The number of methoxy groups -OCH3 is 1. The Morgan fingerprint density at radius 3 is 2.72 bits per heavy atom. The van der Waals surface area contributed by atoms with Gasteiger partial charge >= 0.3 is 0 Å². The van der Waals surface area contributed by atoms with E-state index in [-0.39, 0.29) is 10.9 Å². The van der Waals surface area contributed by atoms with E-state index in [0.29, 0.717) is 12.6 Å². The predicted octanol–water partition coefficient (Wildman–Crippen LogP) is 3.31. The predicted molar refractivity (Wildman–Crippen MR) is 115 cm³/mol. The summed E-state index contributed by atoms with van der Waals surface area (Å²) in [5, 5.41) is 0.205. The van der Waals surface area contributed by atoms with Gasteiger partial charge in [0.15, 0.2) is 0 Å². The van der Waals surface area contributed by atoms with Crippen molar-refractivity contribution in [1.82, 2.24) is 14.5 Å². The van der Waals surface area contributed by atoms with E-state index in [1.807, 2.05) is 22.8 Å². The van der Waals surface area contributed by atoms with Crippen molar-refractivity contribution < 1.29 is 13.2 Å². The number of ether oxygens (including phenoxy) is 1. The molecule has 1 aromatic heterocycles. The van der Waals surface area contributed by atoms with E-state index in [9.17, 15) is 8.42 Å². The molecule has 0 saturated carbocycles. The van der Waals surface area contributed by atoms with Gasteiger partial charge < -0.3 is 9.30 Å². The van der Waals surface area contributed by atoms with Crippen molar-refractivity contribution >= 4 is 9.84 Å². The number of hydrogen-bond donors (Lipinski definition) is 0. The van der Waals surface area contributed by atoms with Gasteiger partial charge in [-0.15, -0.1) is 0 Å². The molecule has 1 fully saturated rings. The second kappa shape index (κ2) is 10.4. The molecule has 0 unspecified atom stereocenters. The van der Waals surface area contributed by atoms with Crippen molar-refractivity contribution in [3.05, 3.63) is 47.8 Å². The summed E-state index contributed by atoms with van der Waals surface area (Å²) < 4.78 is 32.5. The fourth-order valence-corrected chi connectivity index (χ4v) is 5.09. The third kappa shape index (κ3) is 5.68. The molecule has 7 heteroatoms. The number of benzene rings is 1. The van der Waals surface area contributed by atoms with Crippen LogP contribution in [0.3, 0.4) is 0 Å². The van der Waals surface area contributed by atoms with Crippen molar-refractivity contribution in [2.75, 3.05) is 26.0 Å². The number of piperidine rings is 1. The first kappa shape index (κ1) is 22.0. The molecule has 3 rings (SSSR count). The van der Waals surface area contributed by atoms with E-state index in [1.165, 1.54) is 24.8 Å². The van der Waals surface area contributed by atoms with Gasteiger partial charge in [-0.1, -0.05) is 43.7 Å². The standard InChI is InChI=1S/C22H33N3O3S/c1-3-29(26,27)22-23-17-21(25(22)15-12-19-9-5-4-6-10-19)18-24-14-8-7-11-20(24)13-16-28-2/h4-6,9-10,17,20H,3,7-8,11-16,18H2,1-2H3/t20-/m0/s1. The molecule has 2 aromatic rings. The Labute approximate surface area is 174 Å². The van der Waals surface area contributed by atoms with Crippen LogP contribution < -0.4 is 0 Å². The highest BCUT2D eigenvalue weighted by molar-refractivity contribution is 7.91. The van der Waals surface area contributed by atoms with Gasteiger partial charge in [0.2, 0.25) is 15.0 Å². The van der Waals surface area contributed by atoms with E-state index in [4.69, 9.17) is 4.74 Å². The molecule has 0 aliphatic carbocycles. The molecule has 0 bridgehead atoms. The van der Waals surface area contributed by atoms with Crippen LogP contribution in [0.1, 0.15) is 43.9 Å². The number of imidazole rings is 1. The fraction of sp³-hybridized carbons (Fsp3) is 0.591. The summed E-state index contributed by atoms with van der Waals surface area (Å²) in [5.74, 6) is 0.0645. The van der Waals surface area contributed by atoms with Gasteiger partial charge in [-0.25, -0.2) is 13.4 Å². The van der Waals surface area contributed by atoms with Crippen LogP contribution in [0.4, 0.5) is 0 Å². The highest BCUT2D eigenvalue weighted by Crippen LogP contribution is 2.24. The summed E-state index contributed by atoms with van der Waals surface area (Å²) in [5.41, 5.74) is 2.18. The first-order valence-corrected chi connectivity index (χ1v) is 12.2. The molecule has 6 nitrogen and oxygen atoms in total. The molecule has 0 amide bonds. The summed E-state index contributed by atoms with van der Waals surface area (Å²) in [4.78, 5) is 6.82. The van der Waals surface area contributed by atoms with Crippen LogP contribution in [0, 0.1) is 0 Å². The van der Waals surface area contributed by atoms with Crippen molar-refractivity contribution in [1.29, 1.82) is 0 Å². The monoisotopic (exact) mass is 419 g/mol. The van der Waals surface area contributed by atoms with Gasteiger partial charge in [-0.05, 0) is 37.8 Å². The van der Waals surface area contributed by atoms with E-state index >= 15 is 0 Å². The number of likely N-dealkylation sites (tertiary alicyclic amines) is 1. The molecule has 0 spiro atoms. The van der Waals surface area contributed by atoms with Crippen molar-refractivity contribution in [3.63, 3.8) is 0 Å². The summed E-state index contributed by atoms with van der Waals surface area (Å²) >= 11 is 0. The van der Waals surface area contributed by atoms with Crippen LogP contribution in [-0.4, -0.2) is 54.9 Å². The van der Waals surface area contributed by atoms with E-state index in [1.54, 1.807) is 20.2 Å². The minimum absolute atomic E-state index is 0.0645. The smallest absolute Gasteiger partial charge is 0.227 e. The zero-order chi connectivity index (χ0) is 20.7. The van der Waals surface area contributed by atoms with E-state index in [0.717, 1.165) is 38.2 Å². The lowest BCUT2D eigenvalue weighted by molar-refractivity contribution is 0.0952. The minimum atomic E-state index is -3.37. The van der Waals surface area contributed by atoms with Crippen LogP contribution in [0.5, 0.6) is 0 Å². The Kier molecular flexibility index (Phi) is 7.86. The molecular weight excluding hydrogens is 386 g/mol. The maximum atomic E-state index is 12.6. The Balaban J connectivity index is 1.83. The van der Waals surface area contributed by atoms with Gasteiger partial charge in [0.25, 0.3) is 0 Å². The molecule has 160 valence electrons. The number of aromatic nitrogens is 2. The summed E-state index contributed by atoms with van der Waals surface area (Å²) in [7, 11) is -1.62. The van der Waals surface area contributed by atoms with Crippen LogP contribution >= 0.6 is 0 Å². The Morgan fingerprint density at radius 2 is 2.00 bits per heavy atom. The fourth-order valence-electron chi connectivity index (χ4n) is 4.08. The van der Waals surface area contributed by atoms with E-state index < -0.39 is 9.84 Å². The summed E-state index contributed by atoms with van der Waals surface area (Å²) in [6.45, 7) is 4.81. The Morgan fingerprint density at radius 1 is 1.21 bits per heavy atom. The lowest BCUT2D eigenvalue weighted by atomic mass is 9.99. The molecule has 29 heavy (non-hydrogen) atoms. The molecule has 0 N–H and O–H groups in total. The third-order valence-electron chi connectivity index (χ3n) is 5.80. The number of nitrogens with zero attached hydrogens (tertiary/aromatic N) is 3. The van der Waals surface area contributed by atoms with Crippen molar-refractivity contribution in [3.8, 4) is 0 Å². The van der Waals surface area contributed by atoms with Gasteiger partial charge in [0.05, 0.1) is 17.6 Å². The van der Waals surface area contributed by atoms with Gasteiger partial charge in [0.1, 0.15) is 0 Å². The lowest BCUT2D eigenvalue weighted by Crippen LogP contribution is -2.40. The molecule has 0 radical (unpaired) electrons. The highest BCUT2D eigenvalue weighted by Gasteiger charge is 2.26. The van der Waals surface area contributed by atoms with Crippen molar-refractivity contribution in [2.24, 2.45) is 0 Å². The summed E-state index contributed by atoms with van der Waals surface area (Å²) in [6.07, 6.45) is 7.14. The summed E-state index contributed by atoms with van der Waals surface area (Å²) in [6, 6.07) is 10.7. The van der Waals surface area contributed by atoms with Crippen molar-refractivity contribution in [2.45, 2.75) is 63.3 Å². The SMILES string of the molecule is CCS(=O)(=O)c1ncc(CN2CCCC[C@H]2CCOC)n1CCc1ccccc1. The van der Waals surface area contributed by atoms with Crippen LogP contribution in [0.15, 0.2) is 41.7 Å². The average Bonchev–Trinajstić information content (AvgIpc) is 3.15. The topological polar surface area (TPSA) is 64.4 Å². The zero-order valence-electron chi connectivity index (χ0n) is 17.6. The number of rotatable bonds is 10. The third-order valence-corrected chi connectivity index (χ3v) is 7.44. The number of aryl methyl sites for hydroxylation is 1. The lowest BCUT2D eigenvalue weighted by Gasteiger charge is -2.35. The largest absolute Gasteiger partial charge is 0.385 e. The van der Waals surface area contributed by atoms with Gasteiger partial charge in [-0.2, -0.15) is 0 Å². The van der Waals surface area contributed by atoms with E-state index in [2.05, 4.69) is 22.0 Å². The van der Waals surface area contributed by atoms with Gasteiger partial charge in [-0.3, -0.25) is 4.90 Å². The molecule has 1 aromatic carbocycles. The van der Waals surface area contributed by atoms with Crippen LogP contribution in [0.2, 0.25) is 0 Å². The number of hydrogen-bond acceptors (Lipinski definition) is 5. The molecule has 1 aliphatic heterocycles. The first-order valence-electron chi connectivity index (χ1n) is 10.6. The normalized spacial score (nSPS) is 18.2. The molecule has 1 aliphatic rings. The molecule has 1 atom stereocenters. The second-order valence-electron chi connectivity index (χ2n) is 7.72. The number of sulfone groups is 1. The zero-order valence-corrected chi connectivity index (χ0v) is 18.4. The maximum Gasteiger partial charge on any atom is 0.227 e. The second-order valence-corrected chi connectivity index (χ2v) is 9.90. The molecule has 1 saturated heterocycles. The molecular formula is C22H33N3O3S. The average molecular weight is 420 g/mol. The maximum absolute atomic E-state index is 12.6. The Bertz CT molecular complexity index is 865.